The molecule has 0 spiro atoms. The number of carboxylic acid groups (broad SMARTS) is 1. The lowest BCUT2D eigenvalue weighted by molar-refractivity contribution is 0.0889. The number of piperidine rings is 1. The van der Waals surface area contributed by atoms with Crippen LogP contribution in [-0.4, -0.2) is 45.1 Å². The Morgan fingerprint density at radius 2 is 2.07 bits per heavy atom. The minimum absolute atomic E-state index is 0.00467. The molecule has 1 N–H and O–H groups in total. The molecule has 27 heavy (non-hydrogen) atoms. The van der Waals surface area contributed by atoms with Crippen LogP contribution in [0.1, 0.15) is 18.5 Å². The molecule has 0 bridgehead atoms. The van der Waals surface area contributed by atoms with Crippen molar-refractivity contribution in [2.24, 2.45) is 0 Å². The van der Waals surface area contributed by atoms with Gasteiger partial charge in [0.1, 0.15) is 23.7 Å². The summed E-state index contributed by atoms with van der Waals surface area (Å²) in [5.74, 6) is -0.664. The Hall–Kier alpha value is -2.93. The van der Waals surface area contributed by atoms with Gasteiger partial charge in [0.25, 0.3) is 5.56 Å². The number of likely N-dealkylation sites (tertiary alicyclic amines) is 1. The summed E-state index contributed by atoms with van der Waals surface area (Å²) in [6, 6.07) is 7.06. The third-order valence-corrected chi connectivity index (χ3v) is 4.64. The Morgan fingerprint density at radius 1 is 1.37 bits per heavy atom. The van der Waals surface area contributed by atoms with E-state index in [4.69, 9.17) is 9.84 Å². The van der Waals surface area contributed by atoms with Crippen molar-refractivity contribution in [1.29, 1.82) is 5.26 Å². The second kappa shape index (κ2) is 7.75. The topological polar surface area (TPSA) is 108 Å². The van der Waals surface area contributed by atoms with Gasteiger partial charge in [0.15, 0.2) is 5.75 Å². The average molecular weight is 437 g/mol. The minimum Gasteiger partial charge on any atom is -0.487 e. The van der Waals surface area contributed by atoms with Crippen molar-refractivity contribution in [3.63, 3.8) is 0 Å². The number of hydrogen-bond donors (Lipinski definition) is 1. The average Bonchev–Trinajstić information content (AvgIpc) is 2.63. The van der Waals surface area contributed by atoms with E-state index >= 15 is 0 Å². The zero-order valence-corrected chi connectivity index (χ0v) is 15.5. The van der Waals surface area contributed by atoms with Crippen LogP contribution in [0.4, 0.5) is 9.18 Å². The molecule has 1 aromatic heterocycles. The Bertz CT molecular complexity index is 980. The molecular formula is C17H14BrFN4O4. The standard InChI is InChI=1S/C17H14BrFN4O4/c18-10-1-2-14(12(19)7-10)23-16(24)8-15(13(9-20)21-23)27-11-3-5-22(6-4-11)17(25)26/h1-2,7-8,11H,3-6H2,(H,25,26). The van der Waals surface area contributed by atoms with E-state index in [9.17, 15) is 19.2 Å². The molecule has 0 unspecified atom stereocenters. The number of ether oxygens (including phenoxy) is 1. The largest absolute Gasteiger partial charge is 0.487 e. The summed E-state index contributed by atoms with van der Waals surface area (Å²) >= 11 is 3.14. The molecule has 1 amide bonds. The van der Waals surface area contributed by atoms with Crippen molar-refractivity contribution in [1.82, 2.24) is 14.7 Å². The first kappa shape index (κ1) is 18.8. The fourth-order valence-corrected chi connectivity index (χ4v) is 3.11. The Labute approximate surface area is 161 Å². The second-order valence-corrected chi connectivity index (χ2v) is 6.82. The third-order valence-electron chi connectivity index (χ3n) is 4.15. The minimum atomic E-state index is -0.994. The summed E-state index contributed by atoms with van der Waals surface area (Å²) in [5, 5.41) is 22.2. The van der Waals surface area contributed by atoms with Gasteiger partial charge in [-0.1, -0.05) is 15.9 Å². The van der Waals surface area contributed by atoms with Gasteiger partial charge in [-0.2, -0.15) is 9.94 Å². The summed E-state index contributed by atoms with van der Waals surface area (Å²) in [5.41, 5.74) is -0.883. The van der Waals surface area contributed by atoms with Gasteiger partial charge in [-0.15, -0.1) is 5.10 Å². The first-order valence-electron chi connectivity index (χ1n) is 8.03. The highest BCUT2D eigenvalue weighted by molar-refractivity contribution is 9.10. The highest BCUT2D eigenvalue weighted by Gasteiger charge is 2.25. The number of carbonyl (C=O) groups is 1. The Morgan fingerprint density at radius 3 is 2.67 bits per heavy atom. The first-order valence-corrected chi connectivity index (χ1v) is 8.83. The van der Waals surface area contributed by atoms with Crippen LogP contribution >= 0.6 is 15.9 Å². The zero-order valence-electron chi connectivity index (χ0n) is 13.9. The van der Waals surface area contributed by atoms with Crippen molar-refractivity contribution >= 4 is 22.0 Å². The molecule has 1 aliphatic heterocycles. The molecular weight excluding hydrogens is 423 g/mol. The van der Waals surface area contributed by atoms with Crippen molar-refractivity contribution in [3.05, 3.63) is 50.6 Å². The van der Waals surface area contributed by atoms with E-state index in [0.717, 1.165) is 10.7 Å². The van der Waals surface area contributed by atoms with Gasteiger partial charge in [0.2, 0.25) is 5.69 Å². The van der Waals surface area contributed by atoms with E-state index in [1.54, 1.807) is 6.07 Å². The van der Waals surface area contributed by atoms with E-state index in [1.807, 2.05) is 6.07 Å². The number of aromatic nitrogens is 2. The number of halogens is 2. The van der Waals surface area contributed by atoms with Gasteiger partial charge in [0.05, 0.1) is 6.07 Å². The molecule has 1 saturated heterocycles. The van der Waals surface area contributed by atoms with Gasteiger partial charge in [-0.25, -0.2) is 9.18 Å². The van der Waals surface area contributed by atoms with Crippen LogP contribution < -0.4 is 10.3 Å². The smallest absolute Gasteiger partial charge is 0.407 e. The van der Waals surface area contributed by atoms with Crippen LogP contribution in [0.5, 0.6) is 5.75 Å². The van der Waals surface area contributed by atoms with Gasteiger partial charge >= 0.3 is 6.09 Å². The normalized spacial score (nSPS) is 14.6. The van der Waals surface area contributed by atoms with Gasteiger partial charge in [-0.05, 0) is 18.2 Å². The molecule has 0 saturated carbocycles. The molecule has 1 aromatic carbocycles. The fourth-order valence-electron chi connectivity index (χ4n) is 2.78. The summed E-state index contributed by atoms with van der Waals surface area (Å²) in [4.78, 5) is 24.6. The highest BCUT2D eigenvalue weighted by Crippen LogP contribution is 2.22. The van der Waals surface area contributed by atoms with Crippen LogP contribution in [0.3, 0.4) is 0 Å². The summed E-state index contributed by atoms with van der Waals surface area (Å²) in [7, 11) is 0. The lowest BCUT2D eigenvalue weighted by Crippen LogP contribution is -2.41. The molecule has 1 aliphatic rings. The number of nitriles is 1. The number of benzene rings is 1. The SMILES string of the molecule is N#Cc1nn(-c2ccc(Br)cc2F)c(=O)cc1OC1CCN(C(=O)O)CC1. The number of rotatable bonds is 3. The third kappa shape index (κ3) is 4.09. The Balaban J connectivity index is 1.86. The van der Waals surface area contributed by atoms with E-state index in [2.05, 4.69) is 21.0 Å². The predicted octanol–water partition coefficient (Wildman–Crippen LogP) is 2.53. The molecule has 140 valence electrons. The number of hydrogen-bond acceptors (Lipinski definition) is 5. The second-order valence-electron chi connectivity index (χ2n) is 5.90. The molecule has 2 aromatic rings. The van der Waals surface area contributed by atoms with E-state index in [1.165, 1.54) is 17.0 Å². The summed E-state index contributed by atoms with van der Waals surface area (Å²) < 4.78 is 21.1. The van der Waals surface area contributed by atoms with Crippen molar-refractivity contribution in [2.45, 2.75) is 18.9 Å². The number of amides is 1. The van der Waals surface area contributed by atoms with Gasteiger partial charge in [-0.3, -0.25) is 4.79 Å². The predicted molar refractivity (Wildman–Crippen MR) is 95.5 cm³/mol. The molecule has 1 fully saturated rings. The maximum Gasteiger partial charge on any atom is 0.407 e. The zero-order chi connectivity index (χ0) is 19.6. The molecule has 8 nitrogen and oxygen atoms in total. The van der Waals surface area contributed by atoms with Crippen LogP contribution in [0.25, 0.3) is 5.69 Å². The monoisotopic (exact) mass is 436 g/mol. The molecule has 0 radical (unpaired) electrons. The van der Waals surface area contributed by atoms with Crippen molar-refractivity contribution in [2.75, 3.05) is 13.1 Å². The molecule has 10 heteroatoms. The quantitative estimate of drug-likeness (QED) is 0.791. The van der Waals surface area contributed by atoms with Crippen LogP contribution in [-0.2, 0) is 0 Å². The van der Waals surface area contributed by atoms with Gasteiger partial charge in [0, 0.05) is 30.4 Å². The van der Waals surface area contributed by atoms with Crippen LogP contribution in [0.15, 0.2) is 33.5 Å². The van der Waals surface area contributed by atoms with Gasteiger partial charge < -0.3 is 14.7 Å². The van der Waals surface area contributed by atoms with E-state index < -0.39 is 17.5 Å². The maximum atomic E-state index is 14.1. The Kier molecular flexibility index (Phi) is 5.41. The van der Waals surface area contributed by atoms with E-state index in [0.29, 0.717) is 30.4 Å². The fraction of sp³-hybridized carbons (Fsp3) is 0.294. The summed E-state index contributed by atoms with van der Waals surface area (Å²) in [6.07, 6.45) is -0.468. The van der Waals surface area contributed by atoms with Crippen molar-refractivity contribution in [3.8, 4) is 17.5 Å². The lowest BCUT2D eigenvalue weighted by atomic mass is 10.1. The molecule has 3 rings (SSSR count). The van der Waals surface area contributed by atoms with E-state index in [-0.39, 0.29) is 23.2 Å². The number of nitrogens with zero attached hydrogens (tertiary/aromatic N) is 4. The maximum absolute atomic E-state index is 14.1. The van der Waals surface area contributed by atoms with Crippen LogP contribution in [0.2, 0.25) is 0 Å². The first-order chi connectivity index (χ1) is 12.9. The lowest BCUT2D eigenvalue weighted by Gasteiger charge is -2.30. The summed E-state index contributed by atoms with van der Waals surface area (Å²) in [6.45, 7) is 0.604. The molecule has 0 aliphatic carbocycles. The highest BCUT2D eigenvalue weighted by atomic mass is 79.9. The van der Waals surface area contributed by atoms with Crippen LogP contribution in [0, 0.1) is 17.1 Å². The van der Waals surface area contributed by atoms with Crippen molar-refractivity contribution < 1.29 is 19.0 Å². The molecule has 2 heterocycles. The molecule has 0 atom stereocenters.